The Labute approximate surface area is 160 Å². The smallest absolute Gasteiger partial charge is 0.315 e. The zero-order valence-corrected chi connectivity index (χ0v) is 15.8. The van der Waals surface area contributed by atoms with Crippen LogP contribution in [0.25, 0.3) is 0 Å². The second kappa shape index (κ2) is 8.97. The number of carboxylic acid groups (broad SMARTS) is 1. The van der Waals surface area contributed by atoms with Crippen molar-refractivity contribution in [2.24, 2.45) is 11.8 Å². The van der Waals surface area contributed by atoms with E-state index in [-0.39, 0.29) is 18.0 Å². The molecule has 148 valence electrons. The summed E-state index contributed by atoms with van der Waals surface area (Å²) < 4.78 is 5.29. The van der Waals surface area contributed by atoms with Crippen LogP contribution in [0.3, 0.4) is 0 Å². The minimum atomic E-state index is -0.722. The number of ether oxygens (including phenoxy) is 1. The lowest BCUT2D eigenvalue weighted by Crippen LogP contribution is -2.45. The summed E-state index contributed by atoms with van der Waals surface area (Å²) in [6.07, 6.45) is 3.78. The van der Waals surface area contributed by atoms with Gasteiger partial charge in [-0.1, -0.05) is 6.07 Å². The Balaban J connectivity index is 1.38. The Morgan fingerprint density at radius 1 is 1.22 bits per heavy atom. The topological polar surface area (TPSA) is 90.9 Å². The molecule has 1 aromatic carbocycles. The molecule has 0 aromatic heterocycles. The molecule has 7 heteroatoms. The van der Waals surface area contributed by atoms with E-state index in [1.807, 2.05) is 18.2 Å². The summed E-state index contributed by atoms with van der Waals surface area (Å²) >= 11 is 0. The number of hydrogen-bond acceptors (Lipinski definition) is 4. The van der Waals surface area contributed by atoms with Gasteiger partial charge in [-0.05, 0) is 50.2 Å². The van der Waals surface area contributed by atoms with Crippen LogP contribution in [0.2, 0.25) is 0 Å². The first-order valence-corrected chi connectivity index (χ1v) is 9.71. The third-order valence-electron chi connectivity index (χ3n) is 5.67. The van der Waals surface area contributed by atoms with E-state index in [0.29, 0.717) is 25.3 Å². The second-order valence-corrected chi connectivity index (χ2v) is 7.54. The lowest BCUT2D eigenvalue weighted by molar-refractivity contribution is -0.142. The molecular formula is C20H29N3O4. The lowest BCUT2D eigenvalue weighted by atomic mass is 9.86. The van der Waals surface area contributed by atoms with Gasteiger partial charge >= 0.3 is 12.0 Å². The molecule has 1 aliphatic heterocycles. The van der Waals surface area contributed by atoms with Gasteiger partial charge in [0.1, 0.15) is 5.75 Å². The van der Waals surface area contributed by atoms with E-state index >= 15 is 0 Å². The summed E-state index contributed by atoms with van der Waals surface area (Å²) in [5.41, 5.74) is 1.15. The number of amides is 2. The predicted octanol–water partition coefficient (Wildman–Crippen LogP) is 2.46. The molecule has 1 heterocycles. The van der Waals surface area contributed by atoms with Gasteiger partial charge in [-0.15, -0.1) is 0 Å². The zero-order chi connectivity index (χ0) is 19.2. The highest BCUT2D eigenvalue weighted by Crippen LogP contribution is 2.27. The number of nitrogens with zero attached hydrogens (tertiary/aromatic N) is 1. The van der Waals surface area contributed by atoms with Gasteiger partial charge in [0.15, 0.2) is 0 Å². The number of nitrogens with one attached hydrogen (secondary N) is 2. The van der Waals surface area contributed by atoms with E-state index in [9.17, 15) is 9.59 Å². The molecule has 3 rings (SSSR count). The molecule has 2 fully saturated rings. The molecule has 1 saturated heterocycles. The highest BCUT2D eigenvalue weighted by molar-refractivity contribution is 5.74. The van der Waals surface area contributed by atoms with Crippen LogP contribution in [0.5, 0.6) is 5.75 Å². The van der Waals surface area contributed by atoms with E-state index in [1.165, 1.54) is 0 Å². The van der Waals surface area contributed by atoms with E-state index in [1.54, 1.807) is 7.11 Å². The van der Waals surface area contributed by atoms with E-state index in [2.05, 4.69) is 21.6 Å². The summed E-state index contributed by atoms with van der Waals surface area (Å²) in [6.45, 7) is 2.54. The molecule has 0 bridgehead atoms. The van der Waals surface area contributed by atoms with E-state index in [0.717, 1.165) is 43.8 Å². The second-order valence-electron chi connectivity index (χ2n) is 7.54. The number of carbonyl (C=O) groups excluding carboxylic acids is 1. The van der Waals surface area contributed by atoms with Crippen LogP contribution in [-0.4, -0.2) is 49.9 Å². The van der Waals surface area contributed by atoms with E-state index in [4.69, 9.17) is 9.84 Å². The fourth-order valence-corrected chi connectivity index (χ4v) is 4.00. The quantitative estimate of drug-likeness (QED) is 0.711. The van der Waals surface area contributed by atoms with Crippen molar-refractivity contribution >= 4 is 17.7 Å². The number of aliphatic carboxylic acids is 1. The molecule has 3 N–H and O–H groups in total. The average molecular weight is 375 g/mol. The summed E-state index contributed by atoms with van der Waals surface area (Å²) in [6, 6.07) is 7.99. The Morgan fingerprint density at radius 3 is 2.70 bits per heavy atom. The molecular weight excluding hydrogens is 346 g/mol. The normalized spacial score (nSPS) is 25.1. The standard InChI is InChI=1S/C20H29N3O4/c1-27-18-4-2-3-17(11-18)23-10-9-14(13-23)12-21-20(26)22-16-7-5-15(6-8-16)19(24)25/h2-4,11,14-16H,5-10,12-13H2,1H3,(H,24,25)(H2,21,22,26). The molecule has 7 nitrogen and oxygen atoms in total. The van der Waals surface area contributed by atoms with Crippen LogP contribution in [0.4, 0.5) is 10.5 Å². The fraction of sp³-hybridized carbons (Fsp3) is 0.600. The molecule has 1 aromatic rings. The van der Waals surface area contributed by atoms with Gasteiger partial charge in [-0.25, -0.2) is 4.79 Å². The molecule has 1 unspecified atom stereocenters. The van der Waals surface area contributed by atoms with Crippen LogP contribution in [-0.2, 0) is 4.79 Å². The summed E-state index contributed by atoms with van der Waals surface area (Å²) in [5.74, 6) is 0.294. The van der Waals surface area contributed by atoms with Crippen molar-refractivity contribution < 1.29 is 19.4 Å². The largest absolute Gasteiger partial charge is 0.497 e. The minimum absolute atomic E-state index is 0.0810. The van der Waals surface area contributed by atoms with Crippen LogP contribution < -0.4 is 20.3 Å². The maximum absolute atomic E-state index is 12.1. The number of urea groups is 1. The van der Waals surface area contributed by atoms with Gasteiger partial charge in [0.05, 0.1) is 13.0 Å². The molecule has 1 atom stereocenters. The van der Waals surface area contributed by atoms with Crippen LogP contribution in [0.15, 0.2) is 24.3 Å². The molecule has 2 amide bonds. The first-order chi connectivity index (χ1) is 13.0. The van der Waals surface area contributed by atoms with Gasteiger partial charge in [0, 0.05) is 37.4 Å². The Morgan fingerprint density at radius 2 is 2.00 bits per heavy atom. The van der Waals surface area contributed by atoms with Crippen LogP contribution in [0, 0.1) is 11.8 Å². The average Bonchev–Trinajstić information content (AvgIpc) is 3.16. The number of methoxy groups -OCH3 is 1. The number of anilines is 1. The maximum atomic E-state index is 12.1. The van der Waals surface area contributed by atoms with Gasteiger partial charge in [0.2, 0.25) is 0 Å². The number of rotatable bonds is 6. The Kier molecular flexibility index (Phi) is 6.42. The monoisotopic (exact) mass is 375 g/mol. The van der Waals surface area contributed by atoms with Gasteiger partial charge in [0.25, 0.3) is 0 Å². The van der Waals surface area contributed by atoms with Gasteiger partial charge < -0.3 is 25.4 Å². The number of hydrogen-bond donors (Lipinski definition) is 3. The number of carboxylic acids is 1. The lowest BCUT2D eigenvalue weighted by Gasteiger charge is -2.27. The molecule has 1 aliphatic carbocycles. The number of benzene rings is 1. The SMILES string of the molecule is COc1cccc(N2CCC(CNC(=O)NC3CCC(C(=O)O)CC3)C2)c1. The van der Waals surface area contributed by atoms with E-state index < -0.39 is 5.97 Å². The van der Waals surface area contributed by atoms with Gasteiger partial charge in [-0.2, -0.15) is 0 Å². The molecule has 27 heavy (non-hydrogen) atoms. The van der Waals surface area contributed by atoms with Crippen molar-refractivity contribution in [2.45, 2.75) is 38.1 Å². The Hall–Kier alpha value is -2.44. The highest BCUT2D eigenvalue weighted by atomic mass is 16.5. The first-order valence-electron chi connectivity index (χ1n) is 9.71. The Bertz CT molecular complexity index is 658. The molecule has 0 spiro atoms. The van der Waals surface area contributed by atoms with Crippen molar-refractivity contribution in [2.75, 3.05) is 31.6 Å². The van der Waals surface area contributed by atoms with Crippen LogP contribution >= 0.6 is 0 Å². The third kappa shape index (κ3) is 5.28. The zero-order valence-electron chi connectivity index (χ0n) is 15.8. The van der Waals surface area contributed by atoms with Gasteiger partial charge in [-0.3, -0.25) is 4.79 Å². The molecule has 1 saturated carbocycles. The predicted molar refractivity (Wildman–Crippen MR) is 103 cm³/mol. The summed E-state index contributed by atoms with van der Waals surface area (Å²) in [4.78, 5) is 25.5. The van der Waals surface area contributed by atoms with Crippen molar-refractivity contribution in [1.29, 1.82) is 0 Å². The first kappa shape index (κ1) is 19.3. The van der Waals surface area contributed by atoms with Crippen molar-refractivity contribution in [1.82, 2.24) is 10.6 Å². The van der Waals surface area contributed by atoms with Crippen molar-refractivity contribution in [3.8, 4) is 5.75 Å². The fourth-order valence-electron chi connectivity index (χ4n) is 4.00. The summed E-state index contributed by atoms with van der Waals surface area (Å²) in [7, 11) is 1.67. The van der Waals surface area contributed by atoms with Crippen LogP contribution in [0.1, 0.15) is 32.1 Å². The summed E-state index contributed by atoms with van der Waals surface area (Å²) in [5, 5.41) is 15.0. The maximum Gasteiger partial charge on any atom is 0.315 e. The van der Waals surface area contributed by atoms with Crippen molar-refractivity contribution in [3.05, 3.63) is 24.3 Å². The number of carbonyl (C=O) groups is 2. The highest BCUT2D eigenvalue weighted by Gasteiger charge is 2.27. The third-order valence-corrected chi connectivity index (χ3v) is 5.67. The van der Waals surface area contributed by atoms with Crippen molar-refractivity contribution in [3.63, 3.8) is 0 Å². The minimum Gasteiger partial charge on any atom is -0.497 e. The molecule has 2 aliphatic rings. The molecule has 0 radical (unpaired) electrons.